The zero-order chi connectivity index (χ0) is 16.4. The normalized spacial score (nSPS) is 20.6. The minimum absolute atomic E-state index is 0.193. The van der Waals surface area contributed by atoms with Crippen molar-refractivity contribution >= 4 is 5.91 Å². The predicted molar refractivity (Wildman–Crippen MR) is 81.6 cm³/mol. The summed E-state index contributed by atoms with van der Waals surface area (Å²) in [4.78, 5) is 18.4. The molecule has 1 amide bonds. The van der Waals surface area contributed by atoms with Gasteiger partial charge < -0.3 is 14.7 Å². The van der Waals surface area contributed by atoms with Crippen LogP contribution in [0, 0.1) is 5.82 Å². The number of aliphatic hydroxyl groups excluding tert-OH is 1. The monoisotopic (exact) mass is 316 g/mol. The zero-order valence-corrected chi connectivity index (χ0v) is 12.6. The van der Waals surface area contributed by atoms with E-state index in [-0.39, 0.29) is 30.2 Å². The average molecular weight is 316 g/mol. The lowest BCUT2D eigenvalue weighted by molar-refractivity contribution is 0.0711. The molecular formula is C17H17FN2O3. The summed E-state index contributed by atoms with van der Waals surface area (Å²) in [6, 6.07) is 9.00. The van der Waals surface area contributed by atoms with Crippen molar-refractivity contribution in [1.82, 2.24) is 9.88 Å². The van der Waals surface area contributed by atoms with Crippen molar-refractivity contribution in [3.8, 4) is 5.88 Å². The lowest BCUT2D eigenvalue weighted by Gasteiger charge is -2.25. The summed E-state index contributed by atoms with van der Waals surface area (Å²) >= 11 is 0. The van der Waals surface area contributed by atoms with Crippen LogP contribution in [-0.2, 0) is 0 Å². The van der Waals surface area contributed by atoms with Crippen LogP contribution in [0.4, 0.5) is 4.39 Å². The van der Waals surface area contributed by atoms with Crippen molar-refractivity contribution in [2.45, 2.75) is 18.6 Å². The number of ether oxygens (including phenoxy) is 1. The van der Waals surface area contributed by atoms with Crippen molar-refractivity contribution in [1.29, 1.82) is 0 Å². The van der Waals surface area contributed by atoms with Crippen LogP contribution < -0.4 is 4.74 Å². The number of halogens is 1. The van der Waals surface area contributed by atoms with Gasteiger partial charge in [0.2, 0.25) is 5.88 Å². The van der Waals surface area contributed by atoms with E-state index >= 15 is 0 Å². The molecule has 0 spiro atoms. The van der Waals surface area contributed by atoms with Crippen LogP contribution in [0.25, 0.3) is 0 Å². The van der Waals surface area contributed by atoms with E-state index in [4.69, 9.17) is 4.74 Å². The van der Waals surface area contributed by atoms with Crippen LogP contribution in [0.1, 0.15) is 28.4 Å². The average Bonchev–Trinajstić information content (AvgIpc) is 2.96. The summed E-state index contributed by atoms with van der Waals surface area (Å²) < 4.78 is 18.6. The lowest BCUT2D eigenvalue weighted by Crippen LogP contribution is -2.32. The fourth-order valence-corrected chi connectivity index (χ4v) is 2.94. The Kier molecular flexibility index (Phi) is 4.25. The Morgan fingerprint density at radius 1 is 1.39 bits per heavy atom. The zero-order valence-electron chi connectivity index (χ0n) is 12.6. The molecule has 2 atom stereocenters. The number of hydrogen-bond donors (Lipinski definition) is 1. The van der Waals surface area contributed by atoms with E-state index in [2.05, 4.69) is 4.98 Å². The van der Waals surface area contributed by atoms with Crippen molar-refractivity contribution in [2.75, 3.05) is 13.7 Å². The Balaban J connectivity index is 1.95. The van der Waals surface area contributed by atoms with E-state index in [9.17, 15) is 14.3 Å². The number of benzene rings is 1. The second-order valence-corrected chi connectivity index (χ2v) is 5.48. The lowest BCUT2D eigenvalue weighted by atomic mass is 10.0. The van der Waals surface area contributed by atoms with Gasteiger partial charge >= 0.3 is 0 Å². The van der Waals surface area contributed by atoms with Gasteiger partial charge in [0.05, 0.1) is 19.3 Å². The molecule has 2 heterocycles. The fraction of sp³-hybridized carbons (Fsp3) is 0.294. The standard InChI is InChI=1S/C17H17FN2O3/c1-23-16-14(6-3-7-19-16)17(22)20-10-13(21)9-15(20)11-4-2-5-12(18)8-11/h2-8,13,15,21H,9-10H2,1H3/t13-,15+/m0/s1. The molecule has 120 valence electrons. The molecule has 1 saturated heterocycles. The third kappa shape index (κ3) is 3.03. The third-order valence-electron chi connectivity index (χ3n) is 3.97. The van der Waals surface area contributed by atoms with E-state index in [0.29, 0.717) is 17.5 Å². The van der Waals surface area contributed by atoms with Crippen LogP contribution in [0.15, 0.2) is 42.6 Å². The number of aliphatic hydroxyl groups is 1. The molecule has 1 fully saturated rings. The first kappa shape index (κ1) is 15.4. The van der Waals surface area contributed by atoms with Gasteiger partial charge in [0.15, 0.2) is 0 Å². The molecule has 1 N–H and O–H groups in total. The highest BCUT2D eigenvalue weighted by molar-refractivity contribution is 5.96. The first-order valence-corrected chi connectivity index (χ1v) is 7.33. The van der Waals surface area contributed by atoms with Gasteiger partial charge in [-0.05, 0) is 36.2 Å². The first-order chi connectivity index (χ1) is 11.1. The molecule has 0 saturated carbocycles. The topological polar surface area (TPSA) is 62.7 Å². The number of carbonyl (C=O) groups excluding carboxylic acids is 1. The van der Waals surface area contributed by atoms with Crippen LogP contribution in [0.5, 0.6) is 5.88 Å². The third-order valence-corrected chi connectivity index (χ3v) is 3.97. The SMILES string of the molecule is COc1ncccc1C(=O)N1C[C@@H](O)C[C@@H]1c1cccc(F)c1. The number of rotatable bonds is 3. The van der Waals surface area contributed by atoms with Crippen LogP contribution >= 0.6 is 0 Å². The number of β-amino-alcohol motifs (C(OH)–C–C–N with tert-alkyl or cyclic N) is 1. The quantitative estimate of drug-likeness (QED) is 0.943. The van der Waals surface area contributed by atoms with Crippen LogP contribution in [0.3, 0.4) is 0 Å². The van der Waals surface area contributed by atoms with Gasteiger partial charge in [-0.2, -0.15) is 0 Å². The molecule has 0 bridgehead atoms. The number of carbonyl (C=O) groups is 1. The summed E-state index contributed by atoms with van der Waals surface area (Å²) in [5.74, 6) is -0.423. The minimum atomic E-state index is -0.644. The van der Waals surface area contributed by atoms with Gasteiger partial charge in [0.1, 0.15) is 11.4 Å². The Hall–Kier alpha value is -2.47. The number of pyridine rings is 1. The molecule has 0 unspecified atom stereocenters. The number of amides is 1. The molecule has 1 aliphatic heterocycles. The van der Waals surface area contributed by atoms with E-state index < -0.39 is 6.10 Å². The Bertz CT molecular complexity index is 722. The summed E-state index contributed by atoms with van der Waals surface area (Å²) in [5, 5.41) is 9.99. The molecule has 1 aromatic heterocycles. The number of aromatic nitrogens is 1. The maximum absolute atomic E-state index is 13.5. The van der Waals surface area contributed by atoms with Gasteiger partial charge in [-0.25, -0.2) is 9.37 Å². The molecule has 1 aliphatic rings. The molecular weight excluding hydrogens is 299 g/mol. The van der Waals surface area contributed by atoms with Gasteiger partial charge in [-0.15, -0.1) is 0 Å². The fourth-order valence-electron chi connectivity index (χ4n) is 2.94. The predicted octanol–water partition coefficient (Wildman–Crippen LogP) is 2.18. The van der Waals surface area contributed by atoms with E-state index in [0.717, 1.165) is 0 Å². The highest BCUT2D eigenvalue weighted by atomic mass is 19.1. The van der Waals surface area contributed by atoms with Crippen molar-refractivity contribution in [3.63, 3.8) is 0 Å². The van der Waals surface area contributed by atoms with Crippen molar-refractivity contribution < 1.29 is 19.0 Å². The second-order valence-electron chi connectivity index (χ2n) is 5.48. The highest BCUT2D eigenvalue weighted by Gasteiger charge is 2.36. The maximum atomic E-state index is 13.5. The van der Waals surface area contributed by atoms with Gasteiger partial charge in [-0.3, -0.25) is 4.79 Å². The highest BCUT2D eigenvalue weighted by Crippen LogP contribution is 2.34. The summed E-state index contributed by atoms with van der Waals surface area (Å²) in [7, 11) is 1.45. The molecule has 0 aliphatic carbocycles. The molecule has 5 nitrogen and oxygen atoms in total. The Morgan fingerprint density at radius 2 is 2.22 bits per heavy atom. The van der Waals surface area contributed by atoms with Gasteiger partial charge in [-0.1, -0.05) is 12.1 Å². The smallest absolute Gasteiger partial charge is 0.259 e. The van der Waals surface area contributed by atoms with Crippen LogP contribution in [-0.4, -0.2) is 40.7 Å². The molecule has 23 heavy (non-hydrogen) atoms. The number of nitrogens with zero attached hydrogens (tertiary/aromatic N) is 2. The largest absolute Gasteiger partial charge is 0.480 e. The molecule has 1 aromatic carbocycles. The number of likely N-dealkylation sites (tertiary alicyclic amines) is 1. The van der Waals surface area contributed by atoms with E-state index in [1.54, 1.807) is 35.4 Å². The molecule has 0 radical (unpaired) electrons. The van der Waals surface area contributed by atoms with E-state index in [1.807, 2.05) is 0 Å². The van der Waals surface area contributed by atoms with Gasteiger partial charge in [0, 0.05) is 12.7 Å². The van der Waals surface area contributed by atoms with Crippen molar-refractivity contribution in [3.05, 3.63) is 59.5 Å². The summed E-state index contributed by atoms with van der Waals surface area (Å²) in [6.07, 6.45) is 1.27. The Labute approximate surface area is 133 Å². The molecule has 2 aromatic rings. The second kappa shape index (κ2) is 6.34. The maximum Gasteiger partial charge on any atom is 0.259 e. The van der Waals surface area contributed by atoms with Crippen molar-refractivity contribution in [2.24, 2.45) is 0 Å². The molecule has 3 rings (SSSR count). The van der Waals surface area contributed by atoms with Gasteiger partial charge in [0.25, 0.3) is 5.91 Å². The minimum Gasteiger partial charge on any atom is -0.480 e. The number of hydrogen-bond acceptors (Lipinski definition) is 4. The summed E-state index contributed by atoms with van der Waals surface area (Å²) in [5.41, 5.74) is 0.989. The molecule has 6 heteroatoms. The summed E-state index contributed by atoms with van der Waals surface area (Å²) in [6.45, 7) is 0.193. The van der Waals surface area contributed by atoms with E-state index in [1.165, 1.54) is 19.2 Å². The first-order valence-electron chi connectivity index (χ1n) is 7.33. The number of methoxy groups -OCH3 is 1. The van der Waals surface area contributed by atoms with Crippen LogP contribution in [0.2, 0.25) is 0 Å². The Morgan fingerprint density at radius 3 is 2.96 bits per heavy atom.